The van der Waals surface area contributed by atoms with Crippen molar-refractivity contribution in [2.75, 3.05) is 7.05 Å². The van der Waals surface area contributed by atoms with E-state index in [1.54, 1.807) is 11.3 Å². The Morgan fingerprint density at radius 2 is 1.83 bits per heavy atom. The largest absolute Gasteiger partial charge is 0.325 e. The van der Waals surface area contributed by atoms with E-state index in [0.717, 1.165) is 35.0 Å². The summed E-state index contributed by atoms with van der Waals surface area (Å²) in [6, 6.07) is 0. The highest BCUT2D eigenvalue weighted by Gasteiger charge is 2.63. The number of nitrogens with zero attached hydrogens (tertiary/aromatic N) is 2. The fourth-order valence-electron chi connectivity index (χ4n) is 8.23. The second kappa shape index (κ2) is 6.26. The minimum Gasteiger partial charge on any atom is -0.230 e. The molecular weight excluding hydrogens is 376 g/mol. The van der Waals surface area contributed by atoms with Crippen molar-refractivity contribution in [2.24, 2.45) is 28.6 Å². The molecule has 3 nitrogen and oxygen atoms in total. The summed E-state index contributed by atoms with van der Waals surface area (Å²) >= 11 is 1.73. The van der Waals surface area contributed by atoms with E-state index < -0.39 is 0 Å². The normalized spacial score (nSPS) is 44.5. The highest BCUT2D eigenvalue weighted by Crippen LogP contribution is 2.66. The lowest BCUT2D eigenvalue weighted by molar-refractivity contribution is -0.135. The maximum atomic E-state index is 13.5. The lowest BCUT2D eigenvalue weighted by atomic mass is 9.48. The van der Waals surface area contributed by atoms with Crippen LogP contribution in [0.15, 0.2) is 11.3 Å². The molecule has 1 aromatic heterocycles. The van der Waals surface area contributed by atoms with Crippen LogP contribution in [0.2, 0.25) is 0 Å². The van der Waals surface area contributed by atoms with Crippen molar-refractivity contribution >= 4 is 22.4 Å². The number of likely N-dealkylation sites (tertiary alicyclic amines) is 1. The molecule has 1 saturated heterocycles. The zero-order valence-corrected chi connectivity index (χ0v) is 19.9. The number of rotatable bonds is 1. The van der Waals surface area contributed by atoms with Gasteiger partial charge in [-0.1, -0.05) is 31.6 Å². The monoisotopic (exact) mass is 413 g/mol. The third-order valence-corrected chi connectivity index (χ3v) is 11.0. The van der Waals surface area contributed by atoms with E-state index in [1.165, 1.54) is 54.7 Å². The molecule has 1 amide bonds. The molecule has 0 aromatic carbocycles. The Morgan fingerprint density at radius 1 is 1.07 bits per heavy atom. The Bertz CT molecular complexity index is 896. The van der Waals surface area contributed by atoms with Crippen LogP contribution in [0.3, 0.4) is 0 Å². The first kappa shape index (κ1) is 19.9. The number of carbonyl (C=O) groups excluding carboxylic acids is 1. The van der Waals surface area contributed by atoms with Gasteiger partial charge in [-0.3, -0.25) is 0 Å². The van der Waals surface area contributed by atoms with E-state index in [0.29, 0.717) is 22.2 Å². The second-order valence-corrected chi connectivity index (χ2v) is 12.4. The van der Waals surface area contributed by atoms with Crippen LogP contribution in [0.1, 0.15) is 82.7 Å². The molecule has 0 bridgehead atoms. The average Bonchev–Trinajstić information content (AvgIpc) is 3.21. The third kappa shape index (κ3) is 2.51. The van der Waals surface area contributed by atoms with Crippen molar-refractivity contribution in [3.8, 4) is 0 Å². The highest BCUT2D eigenvalue weighted by molar-refractivity contribution is 7.15. The Hall–Kier alpha value is -1.00. The van der Waals surface area contributed by atoms with Crippen molar-refractivity contribution in [1.82, 2.24) is 9.47 Å². The van der Waals surface area contributed by atoms with Crippen LogP contribution >= 0.6 is 11.3 Å². The summed E-state index contributed by atoms with van der Waals surface area (Å²) in [4.78, 5) is 19.6. The van der Waals surface area contributed by atoms with E-state index in [1.807, 2.05) is 0 Å². The molecule has 4 heteroatoms. The smallest absolute Gasteiger partial charge is 0.230 e. The molecule has 4 aliphatic rings. The number of thiazole rings is 1. The first-order chi connectivity index (χ1) is 13.6. The van der Waals surface area contributed by atoms with Crippen LogP contribution < -0.4 is 4.48 Å². The van der Waals surface area contributed by atoms with Gasteiger partial charge in [0.05, 0.1) is 19.2 Å². The summed E-state index contributed by atoms with van der Waals surface area (Å²) in [5, 5.41) is 0.991. The minimum atomic E-state index is 0.132. The molecule has 0 radical (unpaired) electrons. The number of aromatic nitrogens is 1. The van der Waals surface area contributed by atoms with Gasteiger partial charge in [-0.2, -0.15) is 9.47 Å². The minimum absolute atomic E-state index is 0.132. The van der Waals surface area contributed by atoms with Crippen LogP contribution in [0, 0.1) is 42.4 Å². The predicted molar refractivity (Wildman–Crippen MR) is 121 cm³/mol. The first-order valence-corrected chi connectivity index (χ1v) is 12.5. The van der Waals surface area contributed by atoms with Gasteiger partial charge in [0.15, 0.2) is 0 Å². The fraction of sp³-hybridized carbons (Fsp3) is 0.760. The van der Waals surface area contributed by atoms with Crippen molar-refractivity contribution < 1.29 is 4.79 Å². The van der Waals surface area contributed by atoms with E-state index in [9.17, 15) is 4.79 Å². The van der Waals surface area contributed by atoms with E-state index >= 15 is 0 Å². The van der Waals surface area contributed by atoms with Crippen LogP contribution in [0.4, 0.5) is 5.13 Å². The molecular formula is C25H37N2OS+. The first-order valence-electron chi connectivity index (χ1n) is 11.7. The standard InChI is InChI=1S/C25H37N2OS/c1-15-14-18-19-8-7-11-24(19,4)12-9-20(18)25(5)13-10-21(28)27(6,22(15)25)23-26-16(2)17(3)29-23/h18-20H,7-14H2,1-6H3/q+1/t18-,19-,20-,24-,25+,27?/m0/s1. The van der Waals surface area contributed by atoms with Gasteiger partial charge < -0.3 is 0 Å². The molecule has 158 valence electrons. The van der Waals surface area contributed by atoms with Gasteiger partial charge in [-0.25, -0.2) is 4.79 Å². The highest BCUT2D eigenvalue weighted by atomic mass is 32.1. The number of fused-ring (bicyclic) bond motifs is 5. The number of hydrogen-bond acceptors (Lipinski definition) is 3. The molecule has 2 saturated carbocycles. The number of hydrogen-bond donors (Lipinski definition) is 0. The SMILES string of the molecule is CC1=C2[C@](C)(CCC(=O)[N+]2(C)c2nc(C)c(C)s2)[C@H]2CC[C@]3(C)CCC[C@H]3[C@@H]2C1. The van der Waals surface area contributed by atoms with Crippen molar-refractivity contribution in [2.45, 2.75) is 86.0 Å². The molecule has 3 fully saturated rings. The van der Waals surface area contributed by atoms with Gasteiger partial charge in [0.2, 0.25) is 0 Å². The lowest BCUT2D eigenvalue weighted by Crippen LogP contribution is -2.62. The Kier molecular flexibility index (Phi) is 4.30. The Balaban J connectivity index is 1.66. The van der Waals surface area contributed by atoms with Crippen LogP contribution in [-0.4, -0.2) is 17.9 Å². The number of carbonyl (C=O) groups is 1. The molecule has 6 atom stereocenters. The van der Waals surface area contributed by atoms with E-state index in [2.05, 4.69) is 41.7 Å². The predicted octanol–water partition coefficient (Wildman–Crippen LogP) is 6.53. The summed E-state index contributed by atoms with van der Waals surface area (Å²) in [7, 11) is 2.15. The van der Waals surface area contributed by atoms with Crippen LogP contribution in [0.25, 0.3) is 0 Å². The summed E-state index contributed by atoms with van der Waals surface area (Å²) in [5.74, 6) is 2.76. The maximum Gasteiger partial charge on any atom is 0.325 e. The van der Waals surface area contributed by atoms with Crippen molar-refractivity contribution in [3.63, 3.8) is 0 Å². The topological polar surface area (TPSA) is 30.0 Å². The Morgan fingerprint density at radius 3 is 2.52 bits per heavy atom. The summed E-state index contributed by atoms with van der Waals surface area (Å²) in [6.45, 7) is 11.6. The lowest BCUT2D eigenvalue weighted by Gasteiger charge is -2.58. The van der Waals surface area contributed by atoms with Crippen molar-refractivity contribution in [1.29, 1.82) is 0 Å². The molecule has 0 spiro atoms. The van der Waals surface area contributed by atoms with Gasteiger partial charge in [0.1, 0.15) is 5.70 Å². The van der Waals surface area contributed by atoms with Crippen LogP contribution in [-0.2, 0) is 4.79 Å². The van der Waals surface area contributed by atoms with Gasteiger partial charge in [0.25, 0.3) is 5.13 Å². The van der Waals surface area contributed by atoms with E-state index in [-0.39, 0.29) is 5.41 Å². The van der Waals surface area contributed by atoms with Gasteiger partial charge in [-0.05, 0) is 88.0 Å². The van der Waals surface area contributed by atoms with Crippen LogP contribution in [0.5, 0.6) is 0 Å². The number of allylic oxidation sites excluding steroid dienone is 2. The summed E-state index contributed by atoms with van der Waals surface area (Å²) < 4.78 is 0.340. The fourth-order valence-corrected chi connectivity index (χ4v) is 9.26. The maximum absolute atomic E-state index is 13.5. The average molecular weight is 414 g/mol. The zero-order valence-electron chi connectivity index (χ0n) is 19.1. The summed E-state index contributed by atoms with van der Waals surface area (Å²) in [5.41, 5.74) is 4.68. The molecule has 1 aromatic rings. The summed E-state index contributed by atoms with van der Waals surface area (Å²) in [6.07, 6.45) is 9.90. The Labute approximate surface area is 180 Å². The molecule has 3 aliphatic carbocycles. The zero-order chi connectivity index (χ0) is 20.8. The third-order valence-electron chi connectivity index (χ3n) is 9.73. The molecule has 0 N–H and O–H groups in total. The number of amides is 1. The van der Waals surface area contributed by atoms with Gasteiger partial charge >= 0.3 is 5.91 Å². The molecule has 2 heterocycles. The number of quaternary nitrogens is 1. The number of aryl methyl sites for hydroxylation is 2. The van der Waals surface area contributed by atoms with Gasteiger partial charge in [0, 0.05) is 10.3 Å². The quantitative estimate of drug-likeness (QED) is 0.490. The van der Waals surface area contributed by atoms with Crippen molar-refractivity contribution in [3.05, 3.63) is 21.8 Å². The molecule has 1 aliphatic heterocycles. The van der Waals surface area contributed by atoms with Gasteiger partial charge in [-0.15, -0.1) is 0 Å². The van der Waals surface area contributed by atoms with E-state index in [4.69, 9.17) is 4.98 Å². The number of piperidine rings is 1. The molecule has 5 rings (SSSR count). The molecule has 1 unspecified atom stereocenters. The second-order valence-electron chi connectivity index (χ2n) is 11.3. The molecule has 29 heavy (non-hydrogen) atoms.